The predicted molar refractivity (Wildman–Crippen MR) is 52.5 cm³/mol. The summed E-state index contributed by atoms with van der Waals surface area (Å²) in [7, 11) is -2.16. The molecule has 1 aliphatic heterocycles. The van der Waals surface area contributed by atoms with Gasteiger partial charge in [0.15, 0.2) is 0 Å². The highest BCUT2D eigenvalue weighted by atomic mass is 32.2. The van der Waals surface area contributed by atoms with Gasteiger partial charge in [0.05, 0.1) is 16.3 Å². The Bertz CT molecular complexity index is 246. The molecule has 0 aromatic carbocycles. The summed E-state index contributed by atoms with van der Waals surface area (Å²) in [4.78, 5) is 0. The Balaban J connectivity index is 2.89. The molecule has 1 heterocycles. The molecule has 0 spiro atoms. The fourth-order valence-corrected chi connectivity index (χ4v) is 3.67. The highest BCUT2D eigenvalue weighted by molar-refractivity contribution is 7.98. The van der Waals surface area contributed by atoms with Gasteiger partial charge in [-0.3, -0.25) is 4.21 Å². The normalized spacial score (nSPS) is 38.8. The Morgan fingerprint density at radius 1 is 1.67 bits per heavy atom. The zero-order chi connectivity index (χ0) is 9.35. The summed E-state index contributed by atoms with van der Waals surface area (Å²) in [5.41, 5.74) is 0. The van der Waals surface area contributed by atoms with Crippen molar-refractivity contribution in [1.29, 1.82) is 0 Å². The van der Waals surface area contributed by atoms with Crippen LogP contribution in [-0.2, 0) is 14.4 Å². The van der Waals surface area contributed by atoms with Gasteiger partial charge in [0.1, 0.15) is 5.94 Å². The van der Waals surface area contributed by atoms with Crippen LogP contribution in [0.25, 0.3) is 0 Å². The van der Waals surface area contributed by atoms with Gasteiger partial charge in [0.25, 0.3) is 0 Å². The smallest absolute Gasteiger partial charge is 0.127 e. The van der Waals surface area contributed by atoms with Crippen molar-refractivity contribution in [3.05, 3.63) is 0 Å². The fraction of sp³-hybridized carbons (Fsp3) is 0.875. The second kappa shape index (κ2) is 3.36. The Morgan fingerprint density at radius 3 is 2.58 bits per heavy atom. The highest BCUT2D eigenvalue weighted by Crippen LogP contribution is 2.17. The first-order valence-corrected chi connectivity index (χ1v) is 6.01. The maximum Gasteiger partial charge on any atom is 0.127 e. The molecule has 0 N–H and O–H groups in total. The van der Waals surface area contributed by atoms with Crippen LogP contribution in [0.2, 0.25) is 0 Å². The van der Waals surface area contributed by atoms with E-state index in [1.165, 1.54) is 0 Å². The lowest BCUT2D eigenvalue weighted by Gasteiger charge is -2.38. The minimum Gasteiger partial charge on any atom is -0.366 e. The number of rotatable bonds is 1. The van der Waals surface area contributed by atoms with E-state index in [9.17, 15) is 4.21 Å². The Kier molecular flexibility index (Phi) is 2.81. The maximum atomic E-state index is 11.9. The summed E-state index contributed by atoms with van der Waals surface area (Å²) in [5.74, 6) is 3.98. The van der Waals surface area contributed by atoms with Crippen LogP contribution >= 0.6 is 0 Å². The summed E-state index contributed by atoms with van der Waals surface area (Å²) >= 11 is 0. The second-order valence-electron chi connectivity index (χ2n) is 3.56. The molecule has 1 saturated heterocycles. The lowest BCUT2D eigenvalue weighted by molar-refractivity contribution is 0.0918. The van der Waals surface area contributed by atoms with Gasteiger partial charge in [-0.25, -0.2) is 4.31 Å². The minimum absolute atomic E-state index is 0.212. The molecule has 0 saturated carbocycles. The summed E-state index contributed by atoms with van der Waals surface area (Å²) in [6.45, 7) is 6.74. The molecule has 0 aromatic heterocycles. The molecule has 4 heteroatoms. The number of ether oxygens (including phenoxy) is 1. The minimum atomic E-state index is -2.16. The van der Waals surface area contributed by atoms with Gasteiger partial charge in [-0.15, -0.1) is 0 Å². The van der Waals surface area contributed by atoms with Crippen LogP contribution in [-0.4, -0.2) is 39.0 Å². The van der Waals surface area contributed by atoms with E-state index in [4.69, 9.17) is 4.74 Å². The Hall–Kier alpha value is -0.0600. The highest BCUT2D eigenvalue weighted by Gasteiger charge is 2.29. The van der Waals surface area contributed by atoms with Crippen LogP contribution in [0.5, 0.6) is 0 Å². The third-order valence-electron chi connectivity index (χ3n) is 1.95. The van der Waals surface area contributed by atoms with E-state index in [0.717, 1.165) is 0 Å². The van der Waals surface area contributed by atoms with E-state index >= 15 is 0 Å². The Labute approximate surface area is 74.8 Å². The summed E-state index contributed by atoms with van der Waals surface area (Å²) in [6, 6.07) is 0.484. The van der Waals surface area contributed by atoms with Crippen molar-refractivity contribution in [1.82, 2.24) is 4.31 Å². The molecule has 12 heavy (non-hydrogen) atoms. The van der Waals surface area contributed by atoms with Crippen LogP contribution in [0.1, 0.15) is 20.8 Å². The first-order chi connectivity index (χ1) is 5.45. The van der Waals surface area contributed by atoms with Gasteiger partial charge < -0.3 is 4.74 Å². The standard InChI is InChI=1S/C8H17NO2S/c1-7(2)9-8(3)5-11-6-12(9,4)10/h7-8H,4-6H2,1-3H3/t8-,12?/m0/s1. The molecular formula is C8H17NO2S. The van der Waals surface area contributed by atoms with E-state index in [-0.39, 0.29) is 18.0 Å². The molecule has 0 radical (unpaired) electrons. The van der Waals surface area contributed by atoms with Crippen LogP contribution in [0.3, 0.4) is 0 Å². The van der Waals surface area contributed by atoms with Crippen molar-refractivity contribution in [3.8, 4) is 0 Å². The van der Waals surface area contributed by atoms with Gasteiger partial charge in [-0.1, -0.05) is 0 Å². The zero-order valence-electron chi connectivity index (χ0n) is 7.95. The number of nitrogens with zero attached hydrogens (tertiary/aromatic N) is 1. The van der Waals surface area contributed by atoms with Gasteiger partial charge in [0.2, 0.25) is 0 Å². The van der Waals surface area contributed by atoms with E-state index in [1.54, 1.807) is 0 Å². The van der Waals surface area contributed by atoms with E-state index in [1.807, 2.05) is 25.1 Å². The number of hydrogen-bond donors (Lipinski definition) is 0. The van der Waals surface area contributed by atoms with Crippen molar-refractivity contribution >= 4 is 15.6 Å². The average molecular weight is 191 g/mol. The fourth-order valence-electron chi connectivity index (χ4n) is 1.70. The van der Waals surface area contributed by atoms with Crippen molar-refractivity contribution in [2.75, 3.05) is 12.5 Å². The molecule has 1 aliphatic rings. The first-order valence-electron chi connectivity index (χ1n) is 4.16. The van der Waals surface area contributed by atoms with Crippen molar-refractivity contribution in [3.63, 3.8) is 0 Å². The predicted octanol–water partition coefficient (Wildman–Crippen LogP) is 0.704. The van der Waals surface area contributed by atoms with Crippen LogP contribution in [0.15, 0.2) is 0 Å². The molecule has 72 valence electrons. The summed E-state index contributed by atoms with van der Waals surface area (Å²) in [5, 5.41) is 0. The van der Waals surface area contributed by atoms with Gasteiger partial charge >= 0.3 is 0 Å². The molecule has 0 aliphatic carbocycles. The van der Waals surface area contributed by atoms with E-state index in [0.29, 0.717) is 6.61 Å². The monoisotopic (exact) mass is 191 g/mol. The quantitative estimate of drug-likeness (QED) is 0.571. The Morgan fingerprint density at radius 2 is 2.25 bits per heavy atom. The van der Waals surface area contributed by atoms with Crippen molar-refractivity contribution < 1.29 is 8.95 Å². The lowest BCUT2D eigenvalue weighted by atomic mass is 10.3. The largest absolute Gasteiger partial charge is 0.366 e. The molecular weight excluding hydrogens is 174 g/mol. The molecule has 2 atom stereocenters. The van der Waals surface area contributed by atoms with Gasteiger partial charge in [-0.2, -0.15) is 0 Å². The maximum absolute atomic E-state index is 11.9. The van der Waals surface area contributed by atoms with Crippen LogP contribution < -0.4 is 0 Å². The molecule has 3 nitrogen and oxygen atoms in total. The second-order valence-corrected chi connectivity index (χ2v) is 5.77. The van der Waals surface area contributed by atoms with Crippen LogP contribution in [0, 0.1) is 0 Å². The van der Waals surface area contributed by atoms with Crippen molar-refractivity contribution in [2.45, 2.75) is 32.9 Å². The van der Waals surface area contributed by atoms with E-state index in [2.05, 4.69) is 5.87 Å². The average Bonchev–Trinajstić information content (AvgIpc) is 1.82. The zero-order valence-corrected chi connectivity index (χ0v) is 8.76. The number of hydrogen-bond acceptors (Lipinski definition) is 2. The molecule has 0 aromatic rings. The van der Waals surface area contributed by atoms with Crippen LogP contribution in [0.4, 0.5) is 0 Å². The molecule has 1 fully saturated rings. The molecule has 0 amide bonds. The van der Waals surface area contributed by atoms with Crippen molar-refractivity contribution in [2.24, 2.45) is 0 Å². The lowest BCUT2D eigenvalue weighted by Crippen LogP contribution is -2.50. The molecule has 1 rings (SSSR count). The summed E-state index contributed by atoms with van der Waals surface area (Å²) in [6.07, 6.45) is 0. The first kappa shape index (κ1) is 10.0. The third kappa shape index (κ3) is 1.81. The van der Waals surface area contributed by atoms with Gasteiger partial charge in [-0.05, 0) is 26.6 Å². The molecule has 1 unspecified atom stereocenters. The third-order valence-corrected chi connectivity index (χ3v) is 4.04. The topological polar surface area (TPSA) is 29.5 Å². The molecule has 0 bridgehead atoms. The summed E-state index contributed by atoms with van der Waals surface area (Å²) < 4.78 is 19.0. The van der Waals surface area contributed by atoms with E-state index < -0.39 is 9.71 Å². The van der Waals surface area contributed by atoms with Gasteiger partial charge in [0, 0.05) is 12.1 Å². The SMILES string of the molecule is C=S1(=O)COC[C@H](C)N1C(C)C.